The number of aromatic nitrogens is 4. The first-order valence-electron chi connectivity index (χ1n) is 10.8. The van der Waals surface area contributed by atoms with Crippen molar-refractivity contribution in [1.82, 2.24) is 19.7 Å². The summed E-state index contributed by atoms with van der Waals surface area (Å²) in [5.41, 5.74) is 6.58. The molecule has 212 valence electrons. The van der Waals surface area contributed by atoms with E-state index in [0.29, 0.717) is 22.8 Å². The highest BCUT2D eigenvalue weighted by Crippen LogP contribution is 2.41. The fourth-order valence-electron chi connectivity index (χ4n) is 3.28. The Morgan fingerprint density at radius 1 is 1.08 bits per heavy atom. The highest BCUT2D eigenvalue weighted by Gasteiger charge is 2.38. The lowest BCUT2D eigenvalue weighted by atomic mass is 10.0. The second-order valence-corrected chi connectivity index (χ2v) is 7.61. The van der Waals surface area contributed by atoms with Crippen LogP contribution < -0.4 is 25.6 Å². The maximum Gasteiger partial charge on any atom is 0.490 e. The first-order chi connectivity index (χ1) is 18.3. The number of nitrogens with two attached hydrogens (primary N) is 1. The number of carboxylic acids is 1. The second kappa shape index (κ2) is 12.9. The molecule has 0 atom stereocenters. The third-order valence-electron chi connectivity index (χ3n) is 5.13. The average Bonchev–Trinajstić information content (AvgIpc) is 3.25. The van der Waals surface area contributed by atoms with Gasteiger partial charge in [0.1, 0.15) is 11.6 Å². The van der Waals surface area contributed by atoms with Crippen molar-refractivity contribution in [3.8, 4) is 34.2 Å². The Hall–Kier alpha value is -4.47. The molecule has 0 aliphatic rings. The topological polar surface area (TPSA) is 155 Å². The maximum absolute atomic E-state index is 13.1. The third-order valence-corrected chi connectivity index (χ3v) is 5.13. The van der Waals surface area contributed by atoms with Gasteiger partial charge in [-0.2, -0.15) is 27.1 Å². The molecule has 1 aromatic carbocycles. The summed E-state index contributed by atoms with van der Waals surface area (Å²) in [5.74, 6) is -0.992. The second-order valence-electron chi connectivity index (χ2n) is 7.61. The summed E-state index contributed by atoms with van der Waals surface area (Å²) < 4.78 is 75.1. The van der Waals surface area contributed by atoms with E-state index in [1.807, 2.05) is 6.07 Å². The van der Waals surface area contributed by atoms with Crippen molar-refractivity contribution in [1.29, 1.82) is 0 Å². The number of nitrogens with one attached hydrogen (secondary N) is 1. The summed E-state index contributed by atoms with van der Waals surface area (Å²) in [4.78, 5) is 25.6. The average molecular weight is 561 g/mol. The minimum Gasteiger partial charge on any atom is -0.493 e. The molecule has 0 fully saturated rings. The number of ether oxygens (including phenoxy) is 3. The van der Waals surface area contributed by atoms with Gasteiger partial charge in [-0.25, -0.2) is 24.2 Å². The zero-order valence-electron chi connectivity index (χ0n) is 21.0. The number of hydrogen-bond donors (Lipinski definition) is 3. The smallest absolute Gasteiger partial charge is 0.490 e. The van der Waals surface area contributed by atoms with Crippen LogP contribution >= 0.6 is 0 Å². The number of aliphatic carboxylic acids is 1. The molecule has 3 rings (SSSR count). The normalized spacial score (nSPS) is 10.8. The van der Waals surface area contributed by atoms with Crippen molar-refractivity contribution in [3.05, 3.63) is 57.9 Å². The van der Waals surface area contributed by atoms with Gasteiger partial charge in [-0.05, 0) is 36.2 Å². The first-order valence-corrected chi connectivity index (χ1v) is 10.8. The minimum atomic E-state index is -5.08. The summed E-state index contributed by atoms with van der Waals surface area (Å²) in [6, 6.07) is 5.35. The van der Waals surface area contributed by atoms with Crippen molar-refractivity contribution in [2.45, 2.75) is 19.5 Å². The van der Waals surface area contributed by atoms with E-state index in [1.165, 1.54) is 21.3 Å². The highest BCUT2D eigenvalue weighted by atomic mass is 19.4. The van der Waals surface area contributed by atoms with Crippen molar-refractivity contribution >= 4 is 5.97 Å². The Morgan fingerprint density at radius 2 is 1.64 bits per heavy atom. The lowest BCUT2D eigenvalue weighted by molar-refractivity contribution is -0.192. The number of benzene rings is 1. The van der Waals surface area contributed by atoms with Gasteiger partial charge in [-0.15, -0.1) is 0 Å². The van der Waals surface area contributed by atoms with Gasteiger partial charge >= 0.3 is 17.8 Å². The van der Waals surface area contributed by atoms with E-state index in [1.54, 1.807) is 25.3 Å². The number of rotatable bonds is 8. The van der Waals surface area contributed by atoms with Crippen LogP contribution in [0.25, 0.3) is 16.9 Å². The van der Waals surface area contributed by atoms with Crippen LogP contribution in [0.1, 0.15) is 11.4 Å². The van der Waals surface area contributed by atoms with Crippen LogP contribution in [0.4, 0.5) is 22.0 Å². The van der Waals surface area contributed by atoms with E-state index in [9.17, 15) is 26.7 Å². The predicted octanol–water partition coefficient (Wildman–Crippen LogP) is 3.24. The van der Waals surface area contributed by atoms with Gasteiger partial charge in [0.2, 0.25) is 5.75 Å². The number of pyridine rings is 1. The molecule has 2 aromatic heterocycles. The maximum atomic E-state index is 13.1. The Labute approximate surface area is 217 Å². The highest BCUT2D eigenvalue weighted by molar-refractivity contribution is 5.73. The number of carboxylic acid groups (broad SMARTS) is 1. The van der Waals surface area contributed by atoms with Gasteiger partial charge in [0.15, 0.2) is 11.5 Å². The zero-order chi connectivity index (χ0) is 29.5. The Bertz CT molecular complexity index is 1390. The summed E-state index contributed by atoms with van der Waals surface area (Å²) in [5, 5.41) is 13.3. The van der Waals surface area contributed by atoms with Gasteiger partial charge in [-0.3, -0.25) is 0 Å². The lowest BCUT2D eigenvalue weighted by Crippen LogP contribution is -2.21. The SMILES string of the molecule is COc1cc(-c2cnc(-n3c(CC(CN)=C(F)F)n[nH]c3=O)c(C)c2)cc(OC)c1OC.O=C(O)C(F)(F)F. The number of aryl methyl sites for hydroxylation is 1. The molecule has 0 aliphatic carbocycles. The number of carbonyl (C=O) groups is 1. The van der Waals surface area contributed by atoms with Gasteiger partial charge in [0.25, 0.3) is 6.08 Å². The molecular formula is C23H24F5N5O6. The monoisotopic (exact) mass is 561 g/mol. The molecule has 3 aromatic rings. The number of nitrogens with zero attached hydrogens (tertiary/aromatic N) is 3. The molecule has 2 heterocycles. The number of hydrogen-bond acceptors (Lipinski definition) is 8. The van der Waals surface area contributed by atoms with Gasteiger partial charge in [0, 0.05) is 30.3 Å². The van der Waals surface area contributed by atoms with Gasteiger partial charge < -0.3 is 25.1 Å². The van der Waals surface area contributed by atoms with E-state index < -0.39 is 23.9 Å². The summed E-state index contributed by atoms with van der Waals surface area (Å²) in [6.45, 7) is 1.40. The molecule has 0 saturated heterocycles. The summed E-state index contributed by atoms with van der Waals surface area (Å²) in [6.07, 6.45) is -5.70. The van der Waals surface area contributed by atoms with E-state index in [0.717, 1.165) is 15.7 Å². The number of alkyl halides is 3. The number of H-pyrrole nitrogens is 1. The fourth-order valence-corrected chi connectivity index (χ4v) is 3.28. The van der Waals surface area contributed by atoms with Crippen LogP contribution in [-0.2, 0) is 11.2 Å². The summed E-state index contributed by atoms with van der Waals surface area (Å²) in [7, 11) is 4.55. The molecule has 0 bridgehead atoms. The number of methoxy groups -OCH3 is 3. The quantitative estimate of drug-likeness (QED) is 0.352. The third kappa shape index (κ3) is 7.31. The Kier molecular flexibility index (Phi) is 10.1. The van der Waals surface area contributed by atoms with Crippen molar-refractivity contribution in [2.24, 2.45) is 5.73 Å². The molecule has 0 amide bonds. The van der Waals surface area contributed by atoms with Crippen molar-refractivity contribution in [3.63, 3.8) is 0 Å². The molecule has 0 saturated carbocycles. The van der Waals surface area contributed by atoms with Crippen molar-refractivity contribution < 1.29 is 46.1 Å². The molecule has 39 heavy (non-hydrogen) atoms. The van der Waals surface area contributed by atoms with E-state index in [4.69, 9.17) is 29.8 Å². The minimum absolute atomic E-state index is 0.0828. The molecule has 4 N–H and O–H groups in total. The molecule has 0 unspecified atom stereocenters. The predicted molar refractivity (Wildman–Crippen MR) is 127 cm³/mol. The fraction of sp³-hybridized carbons (Fsp3) is 0.304. The zero-order valence-corrected chi connectivity index (χ0v) is 21.0. The van der Waals surface area contributed by atoms with Crippen LogP contribution in [-0.4, -0.2) is 64.9 Å². The van der Waals surface area contributed by atoms with Crippen LogP contribution in [0.15, 0.2) is 40.8 Å². The van der Waals surface area contributed by atoms with E-state index >= 15 is 0 Å². The van der Waals surface area contributed by atoms with Crippen molar-refractivity contribution in [2.75, 3.05) is 27.9 Å². The van der Waals surface area contributed by atoms with E-state index in [-0.39, 0.29) is 30.2 Å². The standard InChI is InChI=1S/C21H23F2N5O4.C2HF3O2/c1-11-5-14(12-6-15(30-2)18(32-4)16(7-12)31-3)10-25-20(11)28-17(26-27-21(28)29)8-13(9-24)19(22)23;3-2(4,5)1(6)7/h5-7,10H,8-9,24H2,1-4H3,(H,27,29);(H,6,7). The van der Waals surface area contributed by atoms with Crippen LogP contribution in [0, 0.1) is 6.92 Å². The molecule has 16 heteroatoms. The molecule has 11 nitrogen and oxygen atoms in total. The van der Waals surface area contributed by atoms with Crippen LogP contribution in [0.5, 0.6) is 17.2 Å². The van der Waals surface area contributed by atoms with Crippen LogP contribution in [0.3, 0.4) is 0 Å². The Balaban J connectivity index is 0.000000673. The largest absolute Gasteiger partial charge is 0.493 e. The molecular weight excluding hydrogens is 537 g/mol. The van der Waals surface area contributed by atoms with Gasteiger partial charge in [-0.1, -0.05) is 0 Å². The molecule has 0 aliphatic heterocycles. The van der Waals surface area contributed by atoms with E-state index in [2.05, 4.69) is 15.2 Å². The van der Waals surface area contributed by atoms with Crippen LogP contribution in [0.2, 0.25) is 0 Å². The Morgan fingerprint density at radius 3 is 2.05 bits per heavy atom. The van der Waals surface area contributed by atoms with Gasteiger partial charge in [0.05, 0.1) is 21.3 Å². The first kappa shape index (κ1) is 30.8. The number of aromatic amines is 1. The molecule has 0 radical (unpaired) electrons. The lowest BCUT2D eigenvalue weighted by Gasteiger charge is -2.15. The molecule has 0 spiro atoms. The summed E-state index contributed by atoms with van der Waals surface area (Å²) >= 11 is 0. The number of halogens is 5.